The normalized spacial score (nSPS) is 0. The van der Waals surface area contributed by atoms with E-state index in [4.69, 9.17) is 0 Å². The van der Waals surface area contributed by atoms with Crippen molar-refractivity contribution in [1.82, 2.24) is 0 Å². The second-order valence-electron chi connectivity index (χ2n) is 0. The molecule has 0 heterocycles. The van der Waals surface area contributed by atoms with E-state index in [0.29, 0.717) is 0 Å². The van der Waals surface area contributed by atoms with Crippen LogP contribution in [0.2, 0.25) is 0 Å². The van der Waals surface area contributed by atoms with Gasteiger partial charge in [-0.05, 0) is 0 Å². The van der Waals surface area contributed by atoms with Crippen LogP contribution in [0.3, 0.4) is 0 Å². The number of hydrogen-bond acceptors (Lipinski definition) is 0. The van der Waals surface area contributed by atoms with Crippen molar-refractivity contribution < 1.29 is 64.1 Å². The van der Waals surface area contributed by atoms with Gasteiger partial charge < -0.3 is 2.85 Å². The van der Waals surface area contributed by atoms with E-state index in [0.717, 1.165) is 0 Å². The third-order valence-corrected chi connectivity index (χ3v) is 0. The van der Waals surface area contributed by atoms with Gasteiger partial charge in [0.15, 0.2) is 0 Å². The molecule has 0 unspecified atom stereocenters. The summed E-state index contributed by atoms with van der Waals surface area (Å²) in [5.41, 5.74) is 0. The fraction of sp³-hybridized carbons (Fsp3) is 0. The average molecular weight is 301 g/mol. The molecular weight excluding hydrogens is 299 g/mol. The predicted molar refractivity (Wildman–Crippen MR) is 7.98 cm³/mol. The molecule has 0 aliphatic heterocycles. The smallest absolute Gasteiger partial charge is 1.00 e. The fourth-order valence-electron chi connectivity index (χ4n) is 0. The van der Waals surface area contributed by atoms with Gasteiger partial charge in [-0.1, -0.05) is 0 Å². The first-order chi connectivity index (χ1) is 0. The van der Waals surface area contributed by atoms with Crippen LogP contribution in [-0.2, 0) is 61.3 Å². The zero-order chi connectivity index (χ0) is 0. The molecule has 0 N–H and O–H groups in total. The Bertz CT molecular complexity index is 11.5. The summed E-state index contributed by atoms with van der Waals surface area (Å²) in [6.07, 6.45) is 0. The van der Waals surface area contributed by atoms with E-state index in [9.17, 15) is 0 Å². The molecular formula is H2Ag2MgNi. The van der Waals surface area contributed by atoms with Crippen LogP contribution in [-0.4, -0.2) is 23.1 Å². The third kappa shape index (κ3) is 8.83. The summed E-state index contributed by atoms with van der Waals surface area (Å²) in [6, 6.07) is 0. The first kappa shape index (κ1) is 29.6. The van der Waals surface area contributed by atoms with Crippen molar-refractivity contribution in [2.45, 2.75) is 0 Å². The van der Waals surface area contributed by atoms with Crippen molar-refractivity contribution in [3.8, 4) is 0 Å². The molecule has 0 aliphatic rings. The molecule has 0 aliphatic carbocycles. The Labute approximate surface area is 85.9 Å². The van der Waals surface area contributed by atoms with Gasteiger partial charge in [0.1, 0.15) is 0 Å². The quantitative estimate of drug-likeness (QED) is 0.545. The van der Waals surface area contributed by atoms with Crippen LogP contribution in [0.1, 0.15) is 2.85 Å². The molecule has 0 saturated heterocycles. The van der Waals surface area contributed by atoms with Gasteiger partial charge >= 0.3 is 23.1 Å². The van der Waals surface area contributed by atoms with Crippen LogP contribution in [0.15, 0.2) is 0 Å². The van der Waals surface area contributed by atoms with E-state index in [2.05, 4.69) is 0 Å². The van der Waals surface area contributed by atoms with Gasteiger partial charge in [0, 0.05) is 61.3 Å². The number of hydrogen-bond donors (Lipinski definition) is 0. The summed E-state index contributed by atoms with van der Waals surface area (Å²) in [5.74, 6) is 0. The molecule has 0 bridgehead atoms. The van der Waals surface area contributed by atoms with Crippen molar-refractivity contribution in [3.05, 3.63) is 0 Å². The largest absolute Gasteiger partial charge is 2.00 e. The van der Waals surface area contributed by atoms with E-state index in [1.54, 1.807) is 0 Å². The van der Waals surface area contributed by atoms with Gasteiger partial charge in [-0.25, -0.2) is 0 Å². The topological polar surface area (TPSA) is 0 Å². The monoisotopic (exact) mass is 298 g/mol. The summed E-state index contributed by atoms with van der Waals surface area (Å²) >= 11 is 0. The van der Waals surface area contributed by atoms with Crippen molar-refractivity contribution >= 4 is 23.1 Å². The van der Waals surface area contributed by atoms with Crippen molar-refractivity contribution in [1.29, 1.82) is 0 Å². The van der Waals surface area contributed by atoms with Gasteiger partial charge in [0.05, 0.1) is 0 Å². The maximum atomic E-state index is 0. The summed E-state index contributed by atoms with van der Waals surface area (Å²) in [6.45, 7) is 0. The van der Waals surface area contributed by atoms with E-state index in [-0.39, 0.29) is 87.2 Å². The standard InChI is InChI=1S/2Ag.Mg.Ni.2H/q;;+2;;2*-1. The maximum Gasteiger partial charge on any atom is 2.00 e. The zero-order valence-electron chi connectivity index (χ0n) is 3.63. The summed E-state index contributed by atoms with van der Waals surface area (Å²) < 4.78 is 0. The molecule has 36 valence electrons. The Hall–Kier alpha value is 2.74. The van der Waals surface area contributed by atoms with E-state index in [1.165, 1.54) is 0 Å². The van der Waals surface area contributed by atoms with Crippen LogP contribution in [0.5, 0.6) is 0 Å². The molecule has 0 rings (SSSR count). The second-order valence-corrected chi connectivity index (χ2v) is 0. The first-order valence-corrected chi connectivity index (χ1v) is 0. The molecule has 0 aromatic rings. The maximum absolute atomic E-state index is 0. The van der Waals surface area contributed by atoms with Gasteiger partial charge in [-0.3, -0.25) is 0 Å². The SMILES string of the molecule is [Ag].[Ag].[H-].[H-].[Mg+2].[Ni]. The summed E-state index contributed by atoms with van der Waals surface area (Å²) in [7, 11) is 0. The van der Waals surface area contributed by atoms with Crippen LogP contribution in [0, 0.1) is 0 Å². The van der Waals surface area contributed by atoms with Crippen molar-refractivity contribution in [2.75, 3.05) is 0 Å². The molecule has 0 amide bonds. The minimum absolute atomic E-state index is 0. The molecule has 0 atom stereocenters. The Morgan fingerprint density at radius 3 is 1.00 bits per heavy atom. The molecule has 0 spiro atoms. The van der Waals surface area contributed by atoms with E-state index >= 15 is 0 Å². The van der Waals surface area contributed by atoms with Crippen LogP contribution in [0.25, 0.3) is 0 Å². The molecule has 0 nitrogen and oxygen atoms in total. The average Bonchev–Trinajstić information content (AvgIpc) is 0. The van der Waals surface area contributed by atoms with Gasteiger partial charge in [-0.2, -0.15) is 0 Å². The summed E-state index contributed by atoms with van der Waals surface area (Å²) in [5, 5.41) is 0. The number of rotatable bonds is 0. The van der Waals surface area contributed by atoms with E-state index in [1.807, 2.05) is 0 Å². The third-order valence-electron chi connectivity index (χ3n) is 0. The van der Waals surface area contributed by atoms with Crippen LogP contribution in [0.4, 0.5) is 0 Å². The van der Waals surface area contributed by atoms with Crippen molar-refractivity contribution in [3.63, 3.8) is 0 Å². The summed E-state index contributed by atoms with van der Waals surface area (Å²) in [4.78, 5) is 0. The molecule has 0 fully saturated rings. The van der Waals surface area contributed by atoms with E-state index < -0.39 is 0 Å². The molecule has 2 radical (unpaired) electrons. The molecule has 0 aromatic carbocycles. The van der Waals surface area contributed by atoms with Gasteiger partial charge in [0.25, 0.3) is 0 Å². The molecule has 4 heavy (non-hydrogen) atoms. The Kier molecular flexibility index (Phi) is 127. The molecule has 4 heteroatoms. The molecule has 0 aromatic heterocycles. The zero-order valence-corrected chi connectivity index (χ0v) is 6.99. The second kappa shape index (κ2) is 17.2. The minimum Gasteiger partial charge on any atom is -1.00 e. The van der Waals surface area contributed by atoms with Gasteiger partial charge in [-0.15, -0.1) is 0 Å². The van der Waals surface area contributed by atoms with Crippen LogP contribution < -0.4 is 0 Å². The first-order valence-electron chi connectivity index (χ1n) is 0. The Morgan fingerprint density at radius 1 is 1.00 bits per heavy atom. The fourth-order valence-corrected chi connectivity index (χ4v) is 0. The van der Waals surface area contributed by atoms with Crippen LogP contribution >= 0.6 is 0 Å². The minimum atomic E-state index is 0. The molecule has 0 saturated carbocycles. The Balaban J connectivity index is 0. The van der Waals surface area contributed by atoms with Crippen molar-refractivity contribution in [2.24, 2.45) is 0 Å². The predicted octanol–water partition coefficient (Wildman–Crippen LogP) is -0.163. The Morgan fingerprint density at radius 2 is 1.00 bits per heavy atom. The van der Waals surface area contributed by atoms with Gasteiger partial charge in [0.2, 0.25) is 0 Å².